The largest absolute Gasteiger partial charge is 0.495 e. The summed E-state index contributed by atoms with van der Waals surface area (Å²) in [5.74, 6) is -0.355. The van der Waals surface area contributed by atoms with Gasteiger partial charge >= 0.3 is 0 Å². The van der Waals surface area contributed by atoms with Crippen LogP contribution in [0.5, 0.6) is 5.75 Å². The van der Waals surface area contributed by atoms with Crippen molar-refractivity contribution in [1.29, 1.82) is 0 Å². The molecule has 10 nitrogen and oxygen atoms in total. The molecule has 2 aromatic carbocycles. The van der Waals surface area contributed by atoms with Crippen molar-refractivity contribution in [3.63, 3.8) is 0 Å². The van der Waals surface area contributed by atoms with Crippen LogP contribution >= 0.6 is 0 Å². The number of carbonyl (C=O) groups excluding carboxylic acids is 1. The molecule has 2 aromatic rings. The van der Waals surface area contributed by atoms with Crippen LogP contribution in [-0.4, -0.2) is 57.8 Å². The second-order valence-corrected chi connectivity index (χ2v) is 9.76. The summed E-state index contributed by atoms with van der Waals surface area (Å²) >= 11 is 0. The fourth-order valence-electron chi connectivity index (χ4n) is 3.56. The Morgan fingerprint density at radius 3 is 2.41 bits per heavy atom. The van der Waals surface area contributed by atoms with E-state index in [0.29, 0.717) is 5.69 Å². The number of nitro benzene ring substituents is 1. The number of rotatable bonds is 7. The molecule has 0 unspecified atom stereocenters. The van der Waals surface area contributed by atoms with Gasteiger partial charge in [0.05, 0.1) is 22.6 Å². The van der Waals surface area contributed by atoms with E-state index in [4.69, 9.17) is 4.74 Å². The molecule has 1 saturated heterocycles. The molecule has 1 fully saturated rings. The van der Waals surface area contributed by atoms with Gasteiger partial charge in [0.15, 0.2) is 0 Å². The maximum absolute atomic E-state index is 12.9. The van der Waals surface area contributed by atoms with E-state index < -0.39 is 20.9 Å². The fourth-order valence-corrected chi connectivity index (χ4v) is 4.49. The van der Waals surface area contributed by atoms with Crippen molar-refractivity contribution in [3.8, 4) is 5.75 Å². The van der Waals surface area contributed by atoms with Crippen molar-refractivity contribution in [2.24, 2.45) is 0 Å². The smallest absolute Gasteiger partial charge is 0.293 e. The molecule has 0 aliphatic carbocycles. The minimum Gasteiger partial charge on any atom is -0.495 e. The van der Waals surface area contributed by atoms with Crippen molar-refractivity contribution >= 4 is 33.0 Å². The lowest BCUT2D eigenvalue weighted by Crippen LogP contribution is -2.30. The van der Waals surface area contributed by atoms with Crippen LogP contribution in [0, 0.1) is 10.1 Å². The number of piperidine rings is 1. The first-order valence-corrected chi connectivity index (χ1v) is 11.5. The molecule has 1 aliphatic heterocycles. The zero-order chi connectivity index (χ0) is 23.5. The van der Waals surface area contributed by atoms with E-state index in [9.17, 15) is 23.3 Å². The molecule has 1 N–H and O–H groups in total. The van der Waals surface area contributed by atoms with Crippen LogP contribution < -0.4 is 15.0 Å². The Balaban J connectivity index is 1.93. The fraction of sp³-hybridized carbons (Fsp3) is 0.381. The molecular formula is C21H26N4O6S. The summed E-state index contributed by atoms with van der Waals surface area (Å²) in [7, 11) is 0.470. The lowest BCUT2D eigenvalue weighted by atomic mass is 10.1. The van der Waals surface area contributed by atoms with Crippen molar-refractivity contribution in [2.75, 3.05) is 44.5 Å². The topological polar surface area (TPSA) is 122 Å². The van der Waals surface area contributed by atoms with Crippen molar-refractivity contribution in [3.05, 3.63) is 52.1 Å². The van der Waals surface area contributed by atoms with Crippen LogP contribution in [-0.2, 0) is 10.0 Å². The second kappa shape index (κ2) is 9.53. The minimum atomic E-state index is -3.73. The van der Waals surface area contributed by atoms with Gasteiger partial charge in [-0.15, -0.1) is 0 Å². The number of ether oxygens (including phenoxy) is 1. The van der Waals surface area contributed by atoms with Gasteiger partial charge in [-0.2, -0.15) is 0 Å². The van der Waals surface area contributed by atoms with Gasteiger partial charge in [0.1, 0.15) is 11.4 Å². The first kappa shape index (κ1) is 23.5. The van der Waals surface area contributed by atoms with E-state index in [1.54, 1.807) is 6.07 Å². The molecule has 0 radical (unpaired) electrons. The molecule has 0 bridgehead atoms. The molecule has 0 saturated carbocycles. The zero-order valence-electron chi connectivity index (χ0n) is 18.2. The number of benzene rings is 2. The Labute approximate surface area is 187 Å². The van der Waals surface area contributed by atoms with E-state index in [-0.39, 0.29) is 27.6 Å². The zero-order valence-corrected chi connectivity index (χ0v) is 19.0. The number of amides is 1. The Morgan fingerprint density at radius 1 is 1.12 bits per heavy atom. The molecule has 172 valence electrons. The van der Waals surface area contributed by atoms with E-state index in [1.807, 2.05) is 4.90 Å². The Kier molecular flexibility index (Phi) is 6.99. The molecule has 11 heteroatoms. The highest BCUT2D eigenvalue weighted by Crippen LogP contribution is 2.33. The predicted octanol–water partition coefficient (Wildman–Crippen LogP) is 3.10. The summed E-state index contributed by atoms with van der Waals surface area (Å²) in [6.45, 7) is 1.47. The van der Waals surface area contributed by atoms with Crippen LogP contribution in [0.25, 0.3) is 0 Å². The van der Waals surface area contributed by atoms with Gasteiger partial charge in [-0.25, -0.2) is 12.7 Å². The third kappa shape index (κ3) is 4.83. The van der Waals surface area contributed by atoms with Gasteiger partial charge in [-0.05, 0) is 49.6 Å². The number of hydrogen-bond acceptors (Lipinski definition) is 7. The SMILES string of the molecule is COc1ccc(S(=O)(=O)N(C)C)cc1NC(=O)c1ccc(N2CCCCC2)c([N+](=O)[O-])c1. The van der Waals surface area contributed by atoms with E-state index in [0.717, 1.165) is 36.7 Å². The van der Waals surface area contributed by atoms with Crippen LogP contribution in [0.4, 0.5) is 17.1 Å². The maximum Gasteiger partial charge on any atom is 0.293 e. The normalized spacial score (nSPS) is 14.3. The standard InChI is InChI=1S/C21H26N4O6S/c1-23(2)32(29,30)16-8-10-20(31-3)17(14-16)22-21(26)15-7-9-18(19(13-15)25(27)28)24-11-5-4-6-12-24/h7-10,13-14H,4-6,11-12H2,1-3H3,(H,22,26). The molecular weight excluding hydrogens is 436 g/mol. The molecule has 3 rings (SSSR count). The Morgan fingerprint density at radius 2 is 1.81 bits per heavy atom. The summed E-state index contributed by atoms with van der Waals surface area (Å²) in [5, 5.41) is 14.3. The minimum absolute atomic E-state index is 0.0231. The molecule has 32 heavy (non-hydrogen) atoms. The third-order valence-electron chi connectivity index (χ3n) is 5.33. The number of carbonyl (C=O) groups is 1. The van der Waals surface area contributed by atoms with Crippen molar-refractivity contribution in [2.45, 2.75) is 24.2 Å². The highest BCUT2D eigenvalue weighted by atomic mass is 32.2. The molecule has 1 heterocycles. The molecule has 0 aromatic heterocycles. The van der Waals surface area contributed by atoms with Gasteiger partial charge in [0.2, 0.25) is 10.0 Å². The lowest BCUT2D eigenvalue weighted by molar-refractivity contribution is -0.384. The average molecular weight is 463 g/mol. The van der Waals surface area contributed by atoms with Crippen molar-refractivity contribution in [1.82, 2.24) is 4.31 Å². The quantitative estimate of drug-likeness (QED) is 0.495. The maximum atomic E-state index is 12.9. The van der Waals surface area contributed by atoms with Gasteiger partial charge in [-0.1, -0.05) is 0 Å². The second-order valence-electron chi connectivity index (χ2n) is 7.61. The van der Waals surface area contributed by atoms with Gasteiger partial charge in [0, 0.05) is 38.8 Å². The molecule has 0 spiro atoms. The highest BCUT2D eigenvalue weighted by Gasteiger charge is 2.24. The van der Waals surface area contributed by atoms with Crippen molar-refractivity contribution < 1.29 is 22.9 Å². The first-order valence-electron chi connectivity index (χ1n) is 10.1. The van der Waals surface area contributed by atoms with Crippen LogP contribution in [0.1, 0.15) is 29.6 Å². The molecule has 0 atom stereocenters. The summed E-state index contributed by atoms with van der Waals surface area (Å²) in [4.78, 5) is 26.0. The summed E-state index contributed by atoms with van der Waals surface area (Å²) in [6.07, 6.45) is 3.02. The number of anilines is 2. The molecule has 1 amide bonds. The first-order chi connectivity index (χ1) is 15.1. The number of nitrogens with zero attached hydrogens (tertiary/aromatic N) is 3. The van der Waals surface area contributed by atoms with Crippen LogP contribution in [0.2, 0.25) is 0 Å². The van der Waals surface area contributed by atoms with E-state index in [1.165, 1.54) is 51.5 Å². The molecule has 1 aliphatic rings. The highest BCUT2D eigenvalue weighted by molar-refractivity contribution is 7.89. The third-order valence-corrected chi connectivity index (χ3v) is 7.14. The van der Waals surface area contributed by atoms with Crippen LogP contribution in [0.15, 0.2) is 41.3 Å². The van der Waals surface area contributed by atoms with Crippen LogP contribution in [0.3, 0.4) is 0 Å². The van der Waals surface area contributed by atoms with Gasteiger partial charge in [0.25, 0.3) is 11.6 Å². The summed E-state index contributed by atoms with van der Waals surface area (Å²) in [6, 6.07) is 8.46. The number of hydrogen-bond donors (Lipinski definition) is 1. The Bertz CT molecular complexity index is 1130. The Hall–Kier alpha value is -3.18. The lowest BCUT2D eigenvalue weighted by Gasteiger charge is -2.28. The van der Waals surface area contributed by atoms with E-state index in [2.05, 4.69) is 5.32 Å². The number of nitrogens with one attached hydrogen (secondary N) is 1. The number of sulfonamides is 1. The van der Waals surface area contributed by atoms with E-state index >= 15 is 0 Å². The number of nitro groups is 1. The average Bonchev–Trinajstić information content (AvgIpc) is 2.79. The summed E-state index contributed by atoms with van der Waals surface area (Å²) < 4.78 is 31.2. The van der Waals surface area contributed by atoms with Gasteiger partial charge < -0.3 is 15.0 Å². The predicted molar refractivity (Wildman–Crippen MR) is 121 cm³/mol. The number of methoxy groups -OCH3 is 1. The van der Waals surface area contributed by atoms with Gasteiger partial charge in [-0.3, -0.25) is 14.9 Å². The monoisotopic (exact) mass is 462 g/mol. The summed E-state index contributed by atoms with van der Waals surface area (Å²) in [5.41, 5.74) is 0.571.